The average Bonchev–Trinajstić information content (AvgIpc) is 3.24. The number of likely N-dealkylation sites (tertiary alicyclic amines) is 2. The molecule has 1 N–H and O–H groups in total. The summed E-state index contributed by atoms with van der Waals surface area (Å²) in [6, 6.07) is 7.76. The van der Waals surface area contributed by atoms with Gasteiger partial charge in [-0.15, -0.1) is 0 Å². The van der Waals surface area contributed by atoms with E-state index in [9.17, 15) is 14.0 Å². The fraction of sp³-hybridized carbons (Fsp3) is 0.581. The van der Waals surface area contributed by atoms with E-state index < -0.39 is 22.6 Å². The van der Waals surface area contributed by atoms with Crippen LogP contribution in [0.1, 0.15) is 77.6 Å². The molecule has 0 aliphatic carbocycles. The molecule has 3 aliphatic rings. The number of benzene rings is 1. The van der Waals surface area contributed by atoms with Gasteiger partial charge in [0.25, 0.3) is 0 Å². The number of carbonyl (C=O) groups excluding carboxylic acids is 2. The maximum absolute atomic E-state index is 13.1. The Morgan fingerprint density at radius 2 is 1.88 bits per heavy atom. The molecule has 1 aromatic heterocycles. The molecule has 0 unspecified atom stereocenters. The predicted molar refractivity (Wildman–Crippen MR) is 154 cm³/mol. The van der Waals surface area contributed by atoms with Gasteiger partial charge in [-0.05, 0) is 66.5 Å². The van der Waals surface area contributed by atoms with E-state index in [0.717, 1.165) is 41.1 Å². The standard InChI is InChI=1S/C31H42FN5O4/c1-20(32)19-33-27(38)35-16-13-31(14-17-35)25-21(2)37(34-26(25)23-10-8-9-11-24(23)40-31)22-12-15-36(30(6,7)18-22)28(39)41-29(3,4)5/h8-11,22H,1,12-19H2,2-7H3,(H,33,38)/t22-/m1/s1. The van der Waals surface area contributed by atoms with Gasteiger partial charge in [0, 0.05) is 54.8 Å². The summed E-state index contributed by atoms with van der Waals surface area (Å²) >= 11 is 0. The van der Waals surface area contributed by atoms with Crippen molar-refractivity contribution in [2.24, 2.45) is 0 Å². The number of piperidine rings is 2. The first-order valence-corrected chi connectivity index (χ1v) is 14.5. The van der Waals surface area contributed by atoms with Crippen molar-refractivity contribution in [2.75, 3.05) is 26.2 Å². The zero-order chi connectivity index (χ0) is 29.7. The van der Waals surface area contributed by atoms with Crippen molar-refractivity contribution in [3.05, 3.63) is 47.9 Å². The number of rotatable bonds is 3. The maximum Gasteiger partial charge on any atom is 0.410 e. The molecule has 222 valence electrons. The van der Waals surface area contributed by atoms with Crippen LogP contribution in [0, 0.1) is 6.92 Å². The number of aromatic nitrogens is 2. The van der Waals surface area contributed by atoms with Gasteiger partial charge in [0.2, 0.25) is 0 Å². The summed E-state index contributed by atoms with van der Waals surface area (Å²) in [4.78, 5) is 29.2. The molecule has 3 amide bonds. The SMILES string of the molecule is C=C(F)CNC(=O)N1CCC2(CC1)Oc1ccccc1-c1nn([C@@H]3CCN(C(=O)OC(C)(C)C)C(C)(C)C3)c(C)c12. The zero-order valence-corrected chi connectivity index (χ0v) is 25.1. The fourth-order valence-electron chi connectivity index (χ4n) is 6.56. The number of fused-ring (bicyclic) bond motifs is 4. The van der Waals surface area contributed by atoms with Crippen LogP contribution in [0.4, 0.5) is 14.0 Å². The Balaban J connectivity index is 1.43. The summed E-state index contributed by atoms with van der Waals surface area (Å²) in [6.07, 6.45) is 2.39. The van der Waals surface area contributed by atoms with Crippen LogP contribution in [0.15, 0.2) is 36.7 Å². The van der Waals surface area contributed by atoms with E-state index in [-0.39, 0.29) is 24.7 Å². The summed E-state index contributed by atoms with van der Waals surface area (Å²) in [6.45, 7) is 16.5. The molecular weight excluding hydrogens is 525 g/mol. The topological polar surface area (TPSA) is 88.9 Å². The van der Waals surface area contributed by atoms with Gasteiger partial charge < -0.3 is 24.6 Å². The third-order valence-corrected chi connectivity index (χ3v) is 8.45. The molecule has 1 spiro atoms. The third-order valence-electron chi connectivity index (χ3n) is 8.45. The number of carbonyl (C=O) groups is 2. The van der Waals surface area contributed by atoms with Crippen LogP contribution in [0.2, 0.25) is 0 Å². The first kappa shape index (κ1) is 29.0. The summed E-state index contributed by atoms with van der Waals surface area (Å²) in [5.74, 6) is 0.211. The molecule has 0 bridgehead atoms. The quantitative estimate of drug-likeness (QED) is 0.485. The van der Waals surface area contributed by atoms with Crippen molar-refractivity contribution in [3.63, 3.8) is 0 Å². The summed E-state index contributed by atoms with van der Waals surface area (Å²) in [5.41, 5.74) is 2.40. The van der Waals surface area contributed by atoms with Gasteiger partial charge in [-0.2, -0.15) is 5.10 Å². The Kier molecular flexibility index (Phi) is 7.32. The zero-order valence-electron chi connectivity index (χ0n) is 25.1. The molecule has 5 rings (SSSR count). The number of amides is 3. The minimum Gasteiger partial charge on any atom is -0.482 e. The van der Waals surface area contributed by atoms with Crippen LogP contribution in [-0.4, -0.2) is 69.0 Å². The monoisotopic (exact) mass is 567 g/mol. The van der Waals surface area contributed by atoms with Crippen LogP contribution in [-0.2, 0) is 10.3 Å². The molecule has 2 aromatic rings. The highest BCUT2D eigenvalue weighted by Crippen LogP contribution is 2.51. The molecule has 4 heterocycles. The molecule has 9 nitrogen and oxygen atoms in total. The van der Waals surface area contributed by atoms with Crippen molar-refractivity contribution in [1.29, 1.82) is 0 Å². The van der Waals surface area contributed by atoms with E-state index >= 15 is 0 Å². The second-order valence-corrected chi connectivity index (χ2v) is 13.1. The number of para-hydroxylation sites is 1. The number of nitrogens with one attached hydrogen (secondary N) is 1. The number of halogens is 1. The second-order valence-electron chi connectivity index (χ2n) is 13.1. The van der Waals surface area contributed by atoms with Crippen LogP contribution in [0.5, 0.6) is 5.75 Å². The molecule has 10 heteroatoms. The van der Waals surface area contributed by atoms with E-state index in [1.807, 2.05) is 49.9 Å². The summed E-state index contributed by atoms with van der Waals surface area (Å²) in [7, 11) is 0. The van der Waals surface area contributed by atoms with Crippen molar-refractivity contribution >= 4 is 12.1 Å². The highest BCUT2D eigenvalue weighted by molar-refractivity contribution is 5.76. The Morgan fingerprint density at radius 1 is 1.20 bits per heavy atom. The van der Waals surface area contributed by atoms with Gasteiger partial charge in [-0.1, -0.05) is 18.7 Å². The number of nitrogens with zero attached hydrogens (tertiary/aromatic N) is 4. The lowest BCUT2D eigenvalue weighted by molar-refractivity contribution is -0.0145. The third kappa shape index (κ3) is 5.53. The molecule has 2 saturated heterocycles. The first-order chi connectivity index (χ1) is 19.2. The van der Waals surface area contributed by atoms with Crippen molar-refractivity contribution in [3.8, 4) is 17.0 Å². The van der Waals surface area contributed by atoms with Gasteiger partial charge in [-0.3, -0.25) is 4.68 Å². The molecule has 0 radical (unpaired) electrons. The molecule has 3 aliphatic heterocycles. The molecule has 0 saturated carbocycles. The maximum atomic E-state index is 13.1. The smallest absolute Gasteiger partial charge is 0.410 e. The van der Waals surface area contributed by atoms with E-state index in [0.29, 0.717) is 32.5 Å². The van der Waals surface area contributed by atoms with Crippen LogP contribution < -0.4 is 10.1 Å². The number of ether oxygens (including phenoxy) is 2. The number of hydrogen-bond donors (Lipinski definition) is 1. The Labute approximate surface area is 241 Å². The number of hydrogen-bond acceptors (Lipinski definition) is 5. The summed E-state index contributed by atoms with van der Waals surface area (Å²) in [5, 5.41) is 7.81. The molecule has 1 aromatic carbocycles. The van der Waals surface area contributed by atoms with Gasteiger partial charge >= 0.3 is 12.1 Å². The van der Waals surface area contributed by atoms with Crippen molar-refractivity contribution in [1.82, 2.24) is 24.9 Å². The minimum absolute atomic E-state index is 0.0955. The lowest BCUT2D eigenvalue weighted by Gasteiger charge is -2.46. The van der Waals surface area contributed by atoms with Gasteiger partial charge in [0.1, 0.15) is 28.5 Å². The van der Waals surface area contributed by atoms with Crippen LogP contribution >= 0.6 is 0 Å². The normalized spacial score (nSPS) is 21.0. The van der Waals surface area contributed by atoms with Crippen molar-refractivity contribution in [2.45, 2.75) is 90.0 Å². The molecule has 1 atom stereocenters. The van der Waals surface area contributed by atoms with E-state index in [4.69, 9.17) is 14.6 Å². The fourth-order valence-corrected chi connectivity index (χ4v) is 6.56. The molecular formula is C31H42FN5O4. The highest BCUT2D eigenvalue weighted by atomic mass is 19.1. The summed E-state index contributed by atoms with van der Waals surface area (Å²) < 4.78 is 27.7. The average molecular weight is 568 g/mol. The van der Waals surface area contributed by atoms with E-state index in [1.165, 1.54) is 0 Å². The Hall–Kier alpha value is -3.56. The largest absolute Gasteiger partial charge is 0.482 e. The number of urea groups is 1. The van der Waals surface area contributed by atoms with Gasteiger partial charge in [-0.25, -0.2) is 14.0 Å². The molecule has 41 heavy (non-hydrogen) atoms. The van der Waals surface area contributed by atoms with E-state index in [2.05, 4.69) is 37.3 Å². The van der Waals surface area contributed by atoms with E-state index in [1.54, 1.807) is 4.90 Å². The van der Waals surface area contributed by atoms with Crippen LogP contribution in [0.3, 0.4) is 0 Å². The lowest BCUT2D eigenvalue weighted by atomic mass is 9.79. The molecule has 2 fully saturated rings. The minimum atomic E-state index is -0.626. The first-order valence-electron chi connectivity index (χ1n) is 14.5. The van der Waals surface area contributed by atoms with Gasteiger partial charge in [0.05, 0.1) is 12.6 Å². The Bertz CT molecular complexity index is 1350. The van der Waals surface area contributed by atoms with Gasteiger partial charge in [0.15, 0.2) is 0 Å². The van der Waals surface area contributed by atoms with Crippen molar-refractivity contribution < 1.29 is 23.5 Å². The van der Waals surface area contributed by atoms with Crippen LogP contribution in [0.25, 0.3) is 11.3 Å². The second kappa shape index (κ2) is 10.4. The lowest BCUT2D eigenvalue weighted by Crippen LogP contribution is -2.54. The predicted octanol–water partition coefficient (Wildman–Crippen LogP) is 6.09. The Morgan fingerprint density at radius 3 is 2.51 bits per heavy atom. The highest BCUT2D eigenvalue weighted by Gasteiger charge is 2.48.